The number of ether oxygens (including phenoxy) is 1. The molecule has 0 aliphatic rings. The van der Waals surface area contributed by atoms with E-state index >= 15 is 0 Å². The molecule has 6 heteroatoms. The van der Waals surface area contributed by atoms with E-state index in [1.54, 1.807) is 12.1 Å². The highest BCUT2D eigenvalue weighted by Gasteiger charge is 2.23. The first kappa shape index (κ1) is 19.6. The van der Waals surface area contributed by atoms with Gasteiger partial charge in [0.1, 0.15) is 5.75 Å². The van der Waals surface area contributed by atoms with Gasteiger partial charge < -0.3 is 4.74 Å². The van der Waals surface area contributed by atoms with Crippen LogP contribution in [0.2, 0.25) is 5.02 Å². The van der Waals surface area contributed by atoms with Gasteiger partial charge in [-0.15, -0.1) is 0 Å². The fraction of sp³-hybridized carbons (Fsp3) is 0.136. The molecule has 0 saturated heterocycles. The number of hydrogen-bond acceptors (Lipinski definition) is 4. The summed E-state index contributed by atoms with van der Waals surface area (Å²) in [6.07, 6.45) is 0. The first-order chi connectivity index (χ1) is 13.3. The van der Waals surface area contributed by atoms with E-state index in [2.05, 4.69) is 26.0 Å². The zero-order valence-corrected chi connectivity index (χ0v) is 16.1. The first-order valence-corrected chi connectivity index (χ1v) is 8.99. The predicted molar refractivity (Wildman–Crippen MR) is 108 cm³/mol. The number of halogens is 1. The molecule has 0 saturated carbocycles. The van der Waals surface area contributed by atoms with E-state index in [-0.39, 0.29) is 21.7 Å². The molecule has 0 amide bonds. The smallest absolute Gasteiger partial charge is 0.345 e. The van der Waals surface area contributed by atoms with Gasteiger partial charge in [-0.25, -0.2) is 4.79 Å². The summed E-state index contributed by atoms with van der Waals surface area (Å²) in [6.45, 7) is 4.23. The van der Waals surface area contributed by atoms with E-state index < -0.39 is 10.9 Å². The summed E-state index contributed by atoms with van der Waals surface area (Å²) in [5.74, 6) is -0.413. The van der Waals surface area contributed by atoms with Gasteiger partial charge in [0.2, 0.25) is 0 Å². The van der Waals surface area contributed by atoms with E-state index in [1.807, 2.05) is 30.3 Å². The molecule has 3 rings (SSSR count). The Balaban J connectivity index is 1.81. The van der Waals surface area contributed by atoms with Crippen LogP contribution in [-0.4, -0.2) is 10.9 Å². The molecule has 3 aromatic carbocycles. The molecule has 0 unspecified atom stereocenters. The highest BCUT2D eigenvalue weighted by Crippen LogP contribution is 2.32. The molecule has 0 aliphatic carbocycles. The van der Waals surface area contributed by atoms with E-state index in [0.717, 1.165) is 11.6 Å². The van der Waals surface area contributed by atoms with Crippen LogP contribution in [0.4, 0.5) is 5.69 Å². The van der Waals surface area contributed by atoms with Gasteiger partial charge >= 0.3 is 5.97 Å². The van der Waals surface area contributed by atoms with Crippen LogP contribution in [0.3, 0.4) is 0 Å². The van der Waals surface area contributed by atoms with E-state index in [1.165, 1.54) is 17.7 Å². The number of benzene rings is 3. The van der Waals surface area contributed by atoms with Crippen molar-refractivity contribution < 1.29 is 14.5 Å². The zero-order valence-electron chi connectivity index (χ0n) is 15.4. The molecule has 0 radical (unpaired) electrons. The molecule has 28 heavy (non-hydrogen) atoms. The van der Waals surface area contributed by atoms with Crippen LogP contribution in [0.25, 0.3) is 0 Å². The SMILES string of the molecule is CC(C)(c1ccccc1)c1ccc(OC(=O)c2cc([N+](=O)[O-])ccc2Cl)cc1. The number of nitro groups is 1. The molecule has 0 spiro atoms. The Morgan fingerprint density at radius 1 is 0.964 bits per heavy atom. The van der Waals surface area contributed by atoms with Crippen molar-refractivity contribution in [3.05, 3.63) is 105 Å². The normalized spacial score (nSPS) is 11.1. The Morgan fingerprint density at radius 2 is 1.57 bits per heavy atom. The fourth-order valence-electron chi connectivity index (χ4n) is 2.91. The molecule has 0 aliphatic heterocycles. The lowest BCUT2D eigenvalue weighted by atomic mass is 9.78. The number of carbonyl (C=O) groups excluding carboxylic acids is 1. The maximum absolute atomic E-state index is 12.4. The molecule has 5 nitrogen and oxygen atoms in total. The Morgan fingerprint density at radius 3 is 2.18 bits per heavy atom. The lowest BCUT2D eigenvalue weighted by molar-refractivity contribution is -0.384. The summed E-state index contributed by atoms with van der Waals surface area (Å²) in [5, 5.41) is 11.0. The third kappa shape index (κ3) is 4.05. The van der Waals surface area contributed by atoms with E-state index in [0.29, 0.717) is 5.75 Å². The second kappa shape index (κ2) is 7.82. The van der Waals surface area contributed by atoms with E-state index in [4.69, 9.17) is 16.3 Å². The summed E-state index contributed by atoms with van der Waals surface area (Å²) in [5.41, 5.74) is 1.74. The summed E-state index contributed by atoms with van der Waals surface area (Å²) in [7, 11) is 0. The lowest BCUT2D eigenvalue weighted by Gasteiger charge is -2.26. The van der Waals surface area contributed by atoms with Crippen LogP contribution in [-0.2, 0) is 5.41 Å². The summed E-state index contributed by atoms with van der Waals surface area (Å²) in [6, 6.07) is 20.9. The number of hydrogen-bond donors (Lipinski definition) is 0. The Bertz CT molecular complexity index is 1010. The van der Waals surface area contributed by atoms with E-state index in [9.17, 15) is 14.9 Å². The van der Waals surface area contributed by atoms with Gasteiger partial charge in [-0.3, -0.25) is 10.1 Å². The number of nitrogens with zero attached hydrogens (tertiary/aromatic N) is 1. The quantitative estimate of drug-likeness (QED) is 0.237. The minimum atomic E-state index is -0.747. The lowest BCUT2D eigenvalue weighted by Crippen LogP contribution is -2.18. The van der Waals surface area contributed by atoms with Crippen molar-refractivity contribution in [3.8, 4) is 5.75 Å². The molecule has 0 heterocycles. The molecule has 0 fully saturated rings. The molecule has 0 atom stereocenters. The summed E-state index contributed by atoms with van der Waals surface area (Å²) < 4.78 is 5.34. The van der Waals surface area contributed by atoms with Crippen molar-refractivity contribution in [2.75, 3.05) is 0 Å². The monoisotopic (exact) mass is 395 g/mol. The number of rotatable bonds is 5. The van der Waals surface area contributed by atoms with Crippen LogP contribution in [0.15, 0.2) is 72.8 Å². The number of non-ortho nitro benzene ring substituents is 1. The Hall–Kier alpha value is -3.18. The molecule has 0 bridgehead atoms. The minimum Gasteiger partial charge on any atom is -0.423 e. The Labute approximate surface area is 167 Å². The molecule has 142 valence electrons. The average Bonchev–Trinajstić information content (AvgIpc) is 2.69. The van der Waals surface area contributed by atoms with Crippen molar-refractivity contribution in [3.63, 3.8) is 0 Å². The standard InChI is InChI=1S/C22H18ClNO4/c1-22(2,15-6-4-3-5-7-15)16-8-11-18(12-9-16)28-21(25)19-14-17(24(26)27)10-13-20(19)23/h3-14H,1-2H3. The number of carbonyl (C=O) groups is 1. The van der Waals surface area contributed by atoms with Crippen molar-refractivity contribution in [2.24, 2.45) is 0 Å². The van der Waals surface area contributed by atoms with Crippen molar-refractivity contribution in [1.29, 1.82) is 0 Å². The third-order valence-electron chi connectivity index (χ3n) is 4.66. The summed E-state index contributed by atoms with van der Waals surface area (Å²) >= 11 is 5.99. The average molecular weight is 396 g/mol. The van der Waals surface area contributed by atoms with Crippen molar-refractivity contribution >= 4 is 23.3 Å². The van der Waals surface area contributed by atoms with Gasteiger partial charge in [0.25, 0.3) is 5.69 Å². The molecule has 0 N–H and O–H groups in total. The Kier molecular flexibility index (Phi) is 5.47. The van der Waals surface area contributed by atoms with Gasteiger partial charge in [-0.05, 0) is 29.3 Å². The third-order valence-corrected chi connectivity index (χ3v) is 4.99. The van der Waals surface area contributed by atoms with Crippen LogP contribution in [0.5, 0.6) is 5.75 Å². The van der Waals surface area contributed by atoms with Gasteiger partial charge in [0.05, 0.1) is 15.5 Å². The van der Waals surface area contributed by atoms with Gasteiger partial charge in [-0.2, -0.15) is 0 Å². The van der Waals surface area contributed by atoms with Gasteiger partial charge in [0.15, 0.2) is 0 Å². The largest absolute Gasteiger partial charge is 0.423 e. The molecule has 0 aromatic heterocycles. The van der Waals surface area contributed by atoms with Crippen LogP contribution < -0.4 is 4.74 Å². The number of esters is 1. The first-order valence-electron chi connectivity index (χ1n) is 8.61. The molecular weight excluding hydrogens is 378 g/mol. The van der Waals surface area contributed by atoms with Crippen LogP contribution >= 0.6 is 11.6 Å². The van der Waals surface area contributed by atoms with Crippen LogP contribution in [0, 0.1) is 10.1 Å². The van der Waals surface area contributed by atoms with Crippen molar-refractivity contribution in [2.45, 2.75) is 19.3 Å². The molecule has 3 aromatic rings. The summed E-state index contributed by atoms with van der Waals surface area (Å²) in [4.78, 5) is 22.7. The van der Waals surface area contributed by atoms with Crippen LogP contribution in [0.1, 0.15) is 35.3 Å². The van der Waals surface area contributed by atoms with Gasteiger partial charge in [-0.1, -0.05) is 67.9 Å². The highest BCUT2D eigenvalue weighted by molar-refractivity contribution is 6.33. The maximum atomic E-state index is 12.4. The fourth-order valence-corrected chi connectivity index (χ4v) is 3.10. The van der Waals surface area contributed by atoms with Gasteiger partial charge in [0, 0.05) is 17.5 Å². The molecular formula is C22H18ClNO4. The second-order valence-electron chi connectivity index (χ2n) is 6.83. The highest BCUT2D eigenvalue weighted by atomic mass is 35.5. The maximum Gasteiger partial charge on any atom is 0.345 e. The topological polar surface area (TPSA) is 69.4 Å². The second-order valence-corrected chi connectivity index (χ2v) is 7.23. The minimum absolute atomic E-state index is 0.0513. The predicted octanol–water partition coefficient (Wildman–Crippen LogP) is 5.79. The number of nitro benzene ring substituents is 1. The zero-order chi connectivity index (χ0) is 20.3. The van der Waals surface area contributed by atoms with Crippen molar-refractivity contribution in [1.82, 2.24) is 0 Å².